The minimum absolute atomic E-state index is 0.0974. The van der Waals surface area contributed by atoms with E-state index < -0.39 is 0 Å². The average Bonchev–Trinajstić information content (AvgIpc) is 3.00. The minimum atomic E-state index is 0.0974. The highest BCUT2D eigenvalue weighted by atomic mass is 16.2. The van der Waals surface area contributed by atoms with E-state index in [1.807, 2.05) is 12.1 Å². The Labute approximate surface area is 126 Å². The molecule has 2 aliphatic rings. The molecule has 2 saturated heterocycles. The first-order valence-corrected chi connectivity index (χ1v) is 7.94. The van der Waals surface area contributed by atoms with Gasteiger partial charge in [0.15, 0.2) is 0 Å². The summed E-state index contributed by atoms with van der Waals surface area (Å²) in [7, 11) is 0. The molecule has 2 heterocycles. The van der Waals surface area contributed by atoms with E-state index in [1.54, 1.807) is 0 Å². The largest absolute Gasteiger partial charge is 0.325 e. The number of carbonyl (C=O) groups excluding carboxylic acids is 1. The summed E-state index contributed by atoms with van der Waals surface area (Å²) in [5.74, 6) is 2.10. The van der Waals surface area contributed by atoms with Crippen molar-refractivity contribution in [3.8, 4) is 0 Å². The molecule has 3 rings (SSSR count). The van der Waals surface area contributed by atoms with Crippen LogP contribution in [0.2, 0.25) is 0 Å². The summed E-state index contributed by atoms with van der Waals surface area (Å²) in [5.41, 5.74) is 2.19. The lowest BCUT2D eigenvalue weighted by Gasteiger charge is -2.16. The van der Waals surface area contributed by atoms with E-state index in [0.29, 0.717) is 12.5 Å². The lowest BCUT2D eigenvalue weighted by molar-refractivity contribution is -0.117. The molecule has 2 atom stereocenters. The van der Waals surface area contributed by atoms with E-state index in [2.05, 4.69) is 41.5 Å². The van der Waals surface area contributed by atoms with E-state index in [4.69, 9.17) is 0 Å². The van der Waals surface area contributed by atoms with Gasteiger partial charge in [-0.3, -0.25) is 9.69 Å². The normalized spacial score (nSPS) is 25.3. The Morgan fingerprint density at radius 1 is 1.24 bits per heavy atom. The Hall–Kier alpha value is -1.39. The van der Waals surface area contributed by atoms with E-state index in [1.165, 1.54) is 5.56 Å². The number of likely N-dealkylation sites (tertiary alicyclic amines) is 1. The van der Waals surface area contributed by atoms with Crippen molar-refractivity contribution in [2.24, 2.45) is 11.8 Å². The number of anilines is 1. The highest BCUT2D eigenvalue weighted by molar-refractivity contribution is 5.92. The molecule has 0 radical (unpaired) electrons. The molecule has 0 spiro atoms. The van der Waals surface area contributed by atoms with Gasteiger partial charge in [0.05, 0.1) is 6.54 Å². The molecule has 114 valence electrons. The van der Waals surface area contributed by atoms with Gasteiger partial charge in [-0.05, 0) is 48.5 Å². The van der Waals surface area contributed by atoms with Crippen LogP contribution in [0.3, 0.4) is 0 Å². The summed E-state index contributed by atoms with van der Waals surface area (Å²) in [6.45, 7) is 9.19. The molecule has 1 aromatic rings. The number of amides is 1. The van der Waals surface area contributed by atoms with Crippen molar-refractivity contribution in [3.63, 3.8) is 0 Å². The number of benzene rings is 1. The van der Waals surface area contributed by atoms with Crippen molar-refractivity contribution in [1.29, 1.82) is 0 Å². The standard InChI is InChI=1S/C17H25N3O/c1-12(2)13-3-5-16(6-4-13)19-17(21)11-20-9-14-7-18-8-15(14)10-20/h3-6,12,14-15,18H,7-11H2,1-2H3,(H,19,21). The van der Waals surface area contributed by atoms with E-state index in [0.717, 1.165) is 43.7 Å². The smallest absolute Gasteiger partial charge is 0.238 e. The van der Waals surface area contributed by atoms with Crippen molar-refractivity contribution in [2.75, 3.05) is 38.0 Å². The summed E-state index contributed by atoms with van der Waals surface area (Å²) >= 11 is 0. The fourth-order valence-electron chi connectivity index (χ4n) is 3.44. The zero-order valence-corrected chi connectivity index (χ0v) is 12.9. The van der Waals surface area contributed by atoms with Crippen molar-refractivity contribution < 1.29 is 4.79 Å². The molecule has 4 nitrogen and oxygen atoms in total. The van der Waals surface area contributed by atoms with Crippen LogP contribution < -0.4 is 10.6 Å². The third-order valence-corrected chi connectivity index (χ3v) is 4.69. The number of carbonyl (C=O) groups is 1. The highest BCUT2D eigenvalue weighted by Crippen LogP contribution is 2.26. The number of fused-ring (bicyclic) bond motifs is 1. The van der Waals surface area contributed by atoms with Gasteiger partial charge in [-0.2, -0.15) is 0 Å². The van der Waals surface area contributed by atoms with Gasteiger partial charge >= 0.3 is 0 Å². The number of hydrogen-bond acceptors (Lipinski definition) is 3. The van der Waals surface area contributed by atoms with Crippen LogP contribution in [0, 0.1) is 11.8 Å². The first kappa shape index (κ1) is 14.5. The van der Waals surface area contributed by atoms with Gasteiger partial charge in [0.25, 0.3) is 0 Å². The molecule has 4 heteroatoms. The van der Waals surface area contributed by atoms with Gasteiger partial charge in [0, 0.05) is 18.8 Å². The Bertz CT molecular complexity index is 485. The van der Waals surface area contributed by atoms with Gasteiger partial charge < -0.3 is 10.6 Å². The van der Waals surface area contributed by atoms with Gasteiger partial charge in [0.2, 0.25) is 5.91 Å². The summed E-state index contributed by atoms with van der Waals surface area (Å²) in [4.78, 5) is 14.4. The molecule has 2 unspecified atom stereocenters. The van der Waals surface area contributed by atoms with Crippen LogP contribution in [0.25, 0.3) is 0 Å². The van der Waals surface area contributed by atoms with Crippen LogP contribution in [-0.2, 0) is 4.79 Å². The zero-order valence-electron chi connectivity index (χ0n) is 12.9. The monoisotopic (exact) mass is 287 g/mol. The van der Waals surface area contributed by atoms with Crippen LogP contribution in [0.5, 0.6) is 0 Å². The fourth-order valence-corrected chi connectivity index (χ4v) is 3.44. The Morgan fingerprint density at radius 2 is 1.86 bits per heavy atom. The SMILES string of the molecule is CC(C)c1ccc(NC(=O)CN2CC3CNCC3C2)cc1. The maximum atomic E-state index is 12.1. The van der Waals surface area contributed by atoms with Gasteiger partial charge in [0.1, 0.15) is 0 Å². The second-order valence-corrected chi connectivity index (χ2v) is 6.70. The molecular formula is C17H25N3O. The zero-order chi connectivity index (χ0) is 14.8. The summed E-state index contributed by atoms with van der Waals surface area (Å²) < 4.78 is 0. The molecule has 2 N–H and O–H groups in total. The molecule has 2 aliphatic heterocycles. The number of hydrogen-bond donors (Lipinski definition) is 2. The van der Waals surface area contributed by atoms with Crippen LogP contribution >= 0.6 is 0 Å². The van der Waals surface area contributed by atoms with Crippen LogP contribution in [0.1, 0.15) is 25.3 Å². The Balaban J connectivity index is 1.50. The van der Waals surface area contributed by atoms with Crippen molar-refractivity contribution >= 4 is 11.6 Å². The summed E-state index contributed by atoms with van der Waals surface area (Å²) in [6, 6.07) is 8.17. The van der Waals surface area contributed by atoms with Crippen molar-refractivity contribution in [1.82, 2.24) is 10.2 Å². The maximum absolute atomic E-state index is 12.1. The molecule has 1 amide bonds. The molecule has 2 fully saturated rings. The van der Waals surface area contributed by atoms with Crippen molar-refractivity contribution in [3.05, 3.63) is 29.8 Å². The number of nitrogens with zero attached hydrogens (tertiary/aromatic N) is 1. The molecule has 21 heavy (non-hydrogen) atoms. The topological polar surface area (TPSA) is 44.4 Å². The third kappa shape index (κ3) is 3.44. The third-order valence-electron chi connectivity index (χ3n) is 4.69. The minimum Gasteiger partial charge on any atom is -0.325 e. The lowest BCUT2D eigenvalue weighted by atomic mass is 10.0. The summed E-state index contributed by atoms with van der Waals surface area (Å²) in [6.07, 6.45) is 0. The molecule has 0 aromatic heterocycles. The molecule has 0 saturated carbocycles. The lowest BCUT2D eigenvalue weighted by Crippen LogP contribution is -2.33. The number of rotatable bonds is 4. The van der Waals surface area contributed by atoms with E-state index >= 15 is 0 Å². The quantitative estimate of drug-likeness (QED) is 0.889. The van der Waals surface area contributed by atoms with Crippen LogP contribution in [-0.4, -0.2) is 43.5 Å². The van der Waals surface area contributed by atoms with Crippen LogP contribution in [0.4, 0.5) is 5.69 Å². The predicted octanol–water partition coefficient (Wildman–Crippen LogP) is 1.90. The van der Waals surface area contributed by atoms with E-state index in [-0.39, 0.29) is 5.91 Å². The summed E-state index contributed by atoms with van der Waals surface area (Å²) in [5, 5.41) is 6.43. The molecular weight excluding hydrogens is 262 g/mol. The van der Waals surface area contributed by atoms with E-state index in [9.17, 15) is 4.79 Å². The Morgan fingerprint density at radius 3 is 2.43 bits per heavy atom. The molecule has 0 aliphatic carbocycles. The molecule has 1 aromatic carbocycles. The second kappa shape index (κ2) is 6.16. The fraction of sp³-hybridized carbons (Fsp3) is 0.588. The molecule has 0 bridgehead atoms. The van der Waals surface area contributed by atoms with Crippen molar-refractivity contribution in [2.45, 2.75) is 19.8 Å². The first-order valence-electron chi connectivity index (χ1n) is 7.94. The number of nitrogens with one attached hydrogen (secondary N) is 2. The van der Waals surface area contributed by atoms with Gasteiger partial charge in [-0.1, -0.05) is 26.0 Å². The maximum Gasteiger partial charge on any atom is 0.238 e. The first-order chi connectivity index (χ1) is 10.1. The van der Waals surface area contributed by atoms with Gasteiger partial charge in [-0.15, -0.1) is 0 Å². The second-order valence-electron chi connectivity index (χ2n) is 6.70. The predicted molar refractivity (Wildman–Crippen MR) is 85.5 cm³/mol. The van der Waals surface area contributed by atoms with Gasteiger partial charge in [-0.25, -0.2) is 0 Å². The highest BCUT2D eigenvalue weighted by Gasteiger charge is 2.36. The average molecular weight is 287 g/mol. The van der Waals surface area contributed by atoms with Crippen LogP contribution in [0.15, 0.2) is 24.3 Å². The Kier molecular flexibility index (Phi) is 4.27.